The first-order chi connectivity index (χ1) is 12.5. The van der Waals surface area contributed by atoms with Gasteiger partial charge in [0.15, 0.2) is 15.0 Å². The van der Waals surface area contributed by atoms with Crippen LogP contribution in [0.2, 0.25) is 5.02 Å². The topological polar surface area (TPSA) is 76.0 Å². The van der Waals surface area contributed by atoms with Crippen molar-refractivity contribution in [1.29, 1.82) is 0 Å². The normalized spacial score (nSPS) is 25.8. The largest absolute Gasteiger partial charge is 0.417 e. The molecule has 0 aromatic heterocycles. The van der Waals surface area contributed by atoms with E-state index in [0.717, 1.165) is 23.9 Å². The zero-order valence-corrected chi connectivity index (χ0v) is 16.3. The van der Waals surface area contributed by atoms with E-state index in [9.17, 15) is 26.4 Å². The molecule has 1 amide bonds. The number of anilines is 1. The van der Waals surface area contributed by atoms with Crippen molar-refractivity contribution in [2.24, 2.45) is 4.99 Å². The molecule has 0 unspecified atom stereocenters. The molecule has 2 aliphatic rings. The Kier molecular flexibility index (Phi) is 5.50. The molecule has 2 heterocycles. The molecule has 6 nitrogen and oxygen atoms in total. The number of nitrogens with zero attached hydrogens (tertiary/aromatic N) is 2. The molecule has 27 heavy (non-hydrogen) atoms. The molecule has 1 aromatic carbocycles. The van der Waals surface area contributed by atoms with Gasteiger partial charge in [-0.15, -0.1) is 0 Å². The van der Waals surface area contributed by atoms with Crippen LogP contribution in [0.3, 0.4) is 0 Å². The summed E-state index contributed by atoms with van der Waals surface area (Å²) in [5.41, 5.74) is -0.966. The summed E-state index contributed by atoms with van der Waals surface area (Å²) in [4.78, 5) is 17.1. The number of ether oxygens (including phenoxy) is 1. The molecule has 0 spiro atoms. The Morgan fingerprint density at radius 2 is 2.11 bits per heavy atom. The van der Waals surface area contributed by atoms with Gasteiger partial charge in [-0.1, -0.05) is 23.4 Å². The monoisotopic (exact) mass is 442 g/mol. The summed E-state index contributed by atoms with van der Waals surface area (Å²) in [7, 11) is -2.02. The molecule has 12 heteroatoms. The quantitative estimate of drug-likeness (QED) is 0.716. The predicted molar refractivity (Wildman–Crippen MR) is 97.1 cm³/mol. The predicted octanol–water partition coefficient (Wildman–Crippen LogP) is 2.61. The van der Waals surface area contributed by atoms with Gasteiger partial charge in [0.05, 0.1) is 28.1 Å². The summed E-state index contributed by atoms with van der Waals surface area (Å²) in [5.74, 6) is -0.972. The molecule has 0 N–H and O–H groups in total. The highest BCUT2D eigenvalue weighted by Gasteiger charge is 2.49. The molecule has 0 saturated carbocycles. The lowest BCUT2D eigenvalue weighted by Gasteiger charge is -2.25. The van der Waals surface area contributed by atoms with E-state index in [4.69, 9.17) is 16.3 Å². The number of rotatable bonds is 3. The molecule has 148 valence electrons. The van der Waals surface area contributed by atoms with Crippen molar-refractivity contribution in [3.8, 4) is 0 Å². The van der Waals surface area contributed by atoms with E-state index in [1.165, 1.54) is 18.1 Å². The highest BCUT2D eigenvalue weighted by molar-refractivity contribution is 8.16. The van der Waals surface area contributed by atoms with E-state index in [2.05, 4.69) is 4.99 Å². The Bertz CT molecular complexity index is 905. The van der Waals surface area contributed by atoms with E-state index in [1.807, 2.05) is 0 Å². The van der Waals surface area contributed by atoms with E-state index in [-0.39, 0.29) is 29.0 Å². The second-order valence-corrected chi connectivity index (χ2v) is 9.82. The first-order valence-corrected chi connectivity index (χ1v) is 10.7. The lowest BCUT2D eigenvalue weighted by atomic mass is 10.1. The lowest BCUT2D eigenvalue weighted by Crippen LogP contribution is -2.38. The van der Waals surface area contributed by atoms with Crippen molar-refractivity contribution < 1.29 is 31.1 Å². The van der Waals surface area contributed by atoms with Crippen molar-refractivity contribution >= 4 is 50.0 Å². The average Bonchev–Trinajstić information content (AvgIpc) is 2.98. The standard InChI is InChI=1S/C15H14ClF3N2O4S2/c1-25-5-13(22)20-14-21(11-6-27(23,24)7-12(11)26-14)8-2-3-10(16)9(4-8)15(17,18)19/h2-4,11-12H,5-7H2,1H3/t11-,12-/m1/s1. The van der Waals surface area contributed by atoms with Gasteiger partial charge in [-0.2, -0.15) is 18.2 Å². The number of benzene rings is 1. The van der Waals surface area contributed by atoms with Crippen molar-refractivity contribution in [2.75, 3.05) is 30.1 Å². The molecule has 0 radical (unpaired) electrons. The van der Waals surface area contributed by atoms with Crippen LogP contribution in [0, 0.1) is 0 Å². The van der Waals surface area contributed by atoms with Crippen LogP contribution in [0.25, 0.3) is 0 Å². The van der Waals surface area contributed by atoms with Gasteiger partial charge in [0, 0.05) is 18.0 Å². The number of sulfone groups is 1. The fourth-order valence-corrected chi connectivity index (χ4v) is 7.17. The third kappa shape index (κ3) is 4.25. The van der Waals surface area contributed by atoms with Crippen LogP contribution in [0.5, 0.6) is 0 Å². The maximum absolute atomic E-state index is 13.2. The first-order valence-electron chi connectivity index (χ1n) is 7.65. The molecule has 0 bridgehead atoms. The van der Waals surface area contributed by atoms with Gasteiger partial charge in [0.2, 0.25) is 0 Å². The van der Waals surface area contributed by atoms with Crippen molar-refractivity contribution in [3.05, 3.63) is 28.8 Å². The van der Waals surface area contributed by atoms with Crippen molar-refractivity contribution in [2.45, 2.75) is 17.5 Å². The molecule has 2 aliphatic heterocycles. The number of carbonyl (C=O) groups is 1. The zero-order chi connectivity index (χ0) is 20.0. The molecule has 2 atom stereocenters. The number of fused-ring (bicyclic) bond motifs is 1. The Morgan fingerprint density at radius 1 is 1.41 bits per heavy atom. The van der Waals surface area contributed by atoms with Gasteiger partial charge in [0.25, 0.3) is 5.91 Å². The summed E-state index contributed by atoms with van der Waals surface area (Å²) in [5, 5.41) is -0.742. The molecule has 2 saturated heterocycles. The van der Waals surface area contributed by atoms with Gasteiger partial charge in [-0.05, 0) is 18.2 Å². The Morgan fingerprint density at radius 3 is 2.74 bits per heavy atom. The molecule has 2 fully saturated rings. The van der Waals surface area contributed by atoms with E-state index in [1.54, 1.807) is 0 Å². The van der Waals surface area contributed by atoms with Crippen LogP contribution in [0.4, 0.5) is 18.9 Å². The van der Waals surface area contributed by atoms with Crippen LogP contribution >= 0.6 is 23.4 Å². The molecular weight excluding hydrogens is 429 g/mol. The van der Waals surface area contributed by atoms with E-state index in [0.29, 0.717) is 0 Å². The number of alkyl halides is 3. The number of hydrogen-bond donors (Lipinski definition) is 0. The summed E-state index contributed by atoms with van der Waals surface area (Å²) in [6.45, 7) is -0.292. The summed E-state index contributed by atoms with van der Waals surface area (Å²) in [6, 6.07) is 2.67. The van der Waals surface area contributed by atoms with Gasteiger partial charge in [-0.3, -0.25) is 4.79 Å². The number of carbonyl (C=O) groups excluding carboxylic acids is 1. The minimum absolute atomic E-state index is 0.0767. The number of amidine groups is 1. The third-order valence-corrected chi connectivity index (χ3v) is 7.63. The Hall–Kier alpha value is -1.30. The molecule has 1 aromatic rings. The van der Waals surface area contributed by atoms with Crippen LogP contribution in [-0.2, 0) is 25.5 Å². The highest BCUT2D eigenvalue weighted by atomic mass is 35.5. The second-order valence-electron chi connectivity index (χ2n) is 6.05. The number of halogens is 4. The summed E-state index contributed by atoms with van der Waals surface area (Å²) >= 11 is 6.73. The van der Waals surface area contributed by atoms with E-state index >= 15 is 0 Å². The molecular formula is C15H14ClF3N2O4S2. The molecule has 0 aliphatic carbocycles. The van der Waals surface area contributed by atoms with Crippen molar-refractivity contribution in [3.63, 3.8) is 0 Å². The maximum Gasteiger partial charge on any atom is 0.417 e. The second kappa shape index (κ2) is 7.26. The Labute approximate surface area is 162 Å². The number of methoxy groups -OCH3 is 1. The van der Waals surface area contributed by atoms with Crippen LogP contribution in [-0.4, -0.2) is 56.0 Å². The van der Waals surface area contributed by atoms with Crippen molar-refractivity contribution in [1.82, 2.24) is 0 Å². The summed E-state index contributed by atoms with van der Waals surface area (Å²) < 4.78 is 68.3. The third-order valence-electron chi connectivity index (χ3n) is 4.09. The van der Waals surface area contributed by atoms with Crippen LogP contribution in [0.15, 0.2) is 23.2 Å². The average molecular weight is 443 g/mol. The highest BCUT2D eigenvalue weighted by Crippen LogP contribution is 2.43. The number of aliphatic imine (C=N–C) groups is 1. The smallest absolute Gasteiger partial charge is 0.375 e. The number of amides is 1. The van der Waals surface area contributed by atoms with Crippen LogP contribution in [0.1, 0.15) is 5.56 Å². The number of hydrogen-bond acceptors (Lipinski definition) is 5. The first kappa shape index (κ1) is 20.4. The summed E-state index contributed by atoms with van der Waals surface area (Å²) in [6.07, 6.45) is -4.68. The van der Waals surface area contributed by atoms with Gasteiger partial charge in [-0.25, -0.2) is 8.42 Å². The minimum Gasteiger partial charge on any atom is -0.375 e. The zero-order valence-electron chi connectivity index (χ0n) is 13.9. The Balaban J connectivity index is 2.06. The van der Waals surface area contributed by atoms with E-state index < -0.39 is 43.8 Å². The SMILES string of the molecule is COCC(=O)N=C1S[C@@H]2CS(=O)(=O)C[C@H]2N1c1ccc(Cl)c(C(F)(F)F)c1. The van der Waals surface area contributed by atoms with Crippen LogP contribution < -0.4 is 4.90 Å². The van der Waals surface area contributed by atoms with Gasteiger partial charge in [0.1, 0.15) is 6.61 Å². The fraction of sp³-hybridized carbons (Fsp3) is 0.467. The maximum atomic E-state index is 13.2. The van der Waals surface area contributed by atoms with Gasteiger partial charge >= 0.3 is 6.18 Å². The minimum atomic E-state index is -4.68. The number of thioether (sulfide) groups is 1. The van der Waals surface area contributed by atoms with Gasteiger partial charge < -0.3 is 9.64 Å². The lowest BCUT2D eigenvalue weighted by molar-refractivity contribution is -0.137. The fourth-order valence-electron chi connectivity index (χ4n) is 3.01. The molecule has 3 rings (SSSR count).